The second kappa shape index (κ2) is 8.16. The van der Waals surface area contributed by atoms with Crippen LogP contribution in [-0.4, -0.2) is 53.5 Å². The molecule has 1 unspecified atom stereocenters. The lowest BCUT2D eigenvalue weighted by atomic mass is 9.95. The molecule has 4 rings (SSSR count). The summed E-state index contributed by atoms with van der Waals surface area (Å²) in [6.07, 6.45) is 0.664. The van der Waals surface area contributed by atoms with Crippen LogP contribution < -0.4 is 4.74 Å². The summed E-state index contributed by atoms with van der Waals surface area (Å²) in [5, 5.41) is 17.2. The predicted octanol–water partition coefficient (Wildman–Crippen LogP) is 3.51. The van der Waals surface area contributed by atoms with E-state index in [2.05, 4.69) is 10.2 Å². The summed E-state index contributed by atoms with van der Waals surface area (Å²) >= 11 is 0. The molecule has 1 amide bonds. The number of nitrogens with one attached hydrogen (secondary N) is 1. The topological polar surface area (TPSA) is 87.7 Å². The molecule has 3 aromatic rings. The van der Waals surface area contributed by atoms with Crippen LogP contribution in [-0.2, 0) is 4.74 Å². The lowest BCUT2D eigenvalue weighted by molar-refractivity contribution is 0.0723. The standard InChI is InChI=1S/C22H22FN3O4/c1-29-11-3-10-26-21(14-6-9-16(27)17(12-14)30-2)18-19(24-25-20(18)22(26)28)13-4-7-15(23)8-5-13/h4-9,12,21,27H,3,10-11H2,1-2H3,(H,24,25). The lowest BCUT2D eigenvalue weighted by Crippen LogP contribution is -2.31. The average Bonchev–Trinajstić information content (AvgIpc) is 3.29. The van der Waals surface area contributed by atoms with Crippen LogP contribution >= 0.6 is 0 Å². The monoisotopic (exact) mass is 411 g/mol. The number of hydrogen-bond acceptors (Lipinski definition) is 5. The SMILES string of the molecule is COCCCN1C(=O)c2[nH]nc(-c3ccc(F)cc3)c2C1c1ccc(O)c(OC)c1. The number of benzene rings is 2. The largest absolute Gasteiger partial charge is 0.504 e. The number of aromatic nitrogens is 2. The average molecular weight is 411 g/mol. The molecule has 0 saturated carbocycles. The second-order valence-corrected chi connectivity index (χ2v) is 7.05. The first-order valence-corrected chi connectivity index (χ1v) is 9.56. The number of phenolic OH excluding ortho intramolecular Hbond substituents is 1. The van der Waals surface area contributed by atoms with Gasteiger partial charge >= 0.3 is 0 Å². The van der Waals surface area contributed by atoms with E-state index < -0.39 is 6.04 Å². The number of carbonyl (C=O) groups is 1. The third-order valence-corrected chi connectivity index (χ3v) is 5.25. The molecule has 0 radical (unpaired) electrons. The van der Waals surface area contributed by atoms with Gasteiger partial charge in [0.2, 0.25) is 0 Å². The van der Waals surface area contributed by atoms with Crippen molar-refractivity contribution in [1.29, 1.82) is 0 Å². The highest BCUT2D eigenvalue weighted by molar-refractivity contribution is 6.00. The van der Waals surface area contributed by atoms with Crippen molar-refractivity contribution in [3.8, 4) is 22.8 Å². The fourth-order valence-corrected chi connectivity index (χ4v) is 3.85. The van der Waals surface area contributed by atoms with Gasteiger partial charge in [-0.1, -0.05) is 6.07 Å². The number of amides is 1. The molecule has 0 bridgehead atoms. The summed E-state index contributed by atoms with van der Waals surface area (Å²) in [4.78, 5) is 14.9. The van der Waals surface area contributed by atoms with E-state index in [-0.39, 0.29) is 17.5 Å². The number of H-pyrrole nitrogens is 1. The zero-order chi connectivity index (χ0) is 21.3. The van der Waals surface area contributed by atoms with E-state index in [0.29, 0.717) is 42.3 Å². The Hall–Kier alpha value is -3.39. The molecular weight excluding hydrogens is 389 g/mol. The van der Waals surface area contributed by atoms with Crippen LogP contribution in [0.3, 0.4) is 0 Å². The first kappa shape index (κ1) is 19.9. The fraction of sp³-hybridized carbons (Fsp3) is 0.273. The number of aromatic hydroxyl groups is 1. The number of hydrogen-bond donors (Lipinski definition) is 2. The van der Waals surface area contributed by atoms with Crippen LogP contribution in [0.2, 0.25) is 0 Å². The Kier molecular flexibility index (Phi) is 5.41. The highest BCUT2D eigenvalue weighted by Gasteiger charge is 2.42. The van der Waals surface area contributed by atoms with Crippen molar-refractivity contribution in [3.05, 3.63) is 65.1 Å². The summed E-state index contributed by atoms with van der Waals surface area (Å²) in [6, 6.07) is 10.6. The molecule has 0 fully saturated rings. The van der Waals surface area contributed by atoms with Crippen molar-refractivity contribution in [1.82, 2.24) is 15.1 Å². The maximum Gasteiger partial charge on any atom is 0.273 e. The minimum absolute atomic E-state index is 0.0164. The highest BCUT2D eigenvalue weighted by Crippen LogP contribution is 2.44. The number of rotatable bonds is 7. The summed E-state index contributed by atoms with van der Waals surface area (Å²) < 4.78 is 23.8. The van der Waals surface area contributed by atoms with E-state index in [1.807, 2.05) is 0 Å². The molecule has 2 N–H and O–H groups in total. The molecule has 8 heteroatoms. The predicted molar refractivity (Wildman–Crippen MR) is 108 cm³/mol. The molecule has 1 atom stereocenters. The molecule has 0 spiro atoms. The van der Waals surface area contributed by atoms with Crippen LogP contribution in [0.25, 0.3) is 11.3 Å². The minimum Gasteiger partial charge on any atom is -0.504 e. The molecule has 30 heavy (non-hydrogen) atoms. The van der Waals surface area contributed by atoms with Crippen LogP contribution in [0.15, 0.2) is 42.5 Å². The quantitative estimate of drug-likeness (QED) is 0.581. The Labute approximate surface area is 173 Å². The minimum atomic E-state index is -0.433. The third-order valence-electron chi connectivity index (χ3n) is 5.25. The molecule has 0 saturated heterocycles. The van der Waals surface area contributed by atoms with Gasteiger partial charge in [0.1, 0.15) is 11.5 Å². The number of fused-ring (bicyclic) bond motifs is 1. The van der Waals surface area contributed by atoms with Crippen molar-refractivity contribution >= 4 is 5.91 Å². The normalized spacial score (nSPS) is 15.5. The number of carbonyl (C=O) groups excluding carboxylic acids is 1. The van der Waals surface area contributed by atoms with Gasteiger partial charge in [0.15, 0.2) is 11.5 Å². The molecule has 2 aromatic carbocycles. The zero-order valence-electron chi connectivity index (χ0n) is 16.7. The van der Waals surface area contributed by atoms with Crippen LogP contribution in [0, 0.1) is 5.82 Å². The van der Waals surface area contributed by atoms with Crippen LogP contribution in [0.1, 0.15) is 34.1 Å². The van der Waals surface area contributed by atoms with Crippen molar-refractivity contribution < 1.29 is 23.8 Å². The second-order valence-electron chi connectivity index (χ2n) is 7.05. The number of ether oxygens (including phenoxy) is 2. The van der Waals surface area contributed by atoms with E-state index in [0.717, 1.165) is 11.1 Å². The number of methoxy groups -OCH3 is 2. The summed E-state index contributed by atoms with van der Waals surface area (Å²) in [5.41, 5.74) is 3.19. The van der Waals surface area contributed by atoms with Gasteiger partial charge in [0, 0.05) is 31.4 Å². The number of phenols is 1. The fourth-order valence-electron chi connectivity index (χ4n) is 3.85. The van der Waals surface area contributed by atoms with Gasteiger partial charge in [-0.3, -0.25) is 9.89 Å². The highest BCUT2D eigenvalue weighted by atomic mass is 19.1. The summed E-state index contributed by atoms with van der Waals surface area (Å²) in [6.45, 7) is 0.998. The molecule has 2 heterocycles. The van der Waals surface area contributed by atoms with Gasteiger partial charge in [0.05, 0.1) is 18.8 Å². The van der Waals surface area contributed by atoms with Gasteiger partial charge in [-0.25, -0.2) is 4.39 Å². The van der Waals surface area contributed by atoms with Crippen molar-refractivity contribution in [2.45, 2.75) is 12.5 Å². The Balaban J connectivity index is 1.83. The molecule has 1 aromatic heterocycles. The summed E-state index contributed by atoms with van der Waals surface area (Å²) in [7, 11) is 3.09. The number of nitrogens with zero attached hydrogens (tertiary/aromatic N) is 2. The van der Waals surface area contributed by atoms with E-state index >= 15 is 0 Å². The molecule has 1 aliphatic rings. The van der Waals surface area contributed by atoms with Crippen molar-refractivity contribution in [2.75, 3.05) is 27.4 Å². The third kappa shape index (κ3) is 3.39. The van der Waals surface area contributed by atoms with Crippen molar-refractivity contribution in [2.24, 2.45) is 0 Å². The first-order chi connectivity index (χ1) is 14.5. The maximum absolute atomic E-state index is 13.4. The maximum atomic E-state index is 13.4. The van der Waals surface area contributed by atoms with E-state index in [9.17, 15) is 14.3 Å². The van der Waals surface area contributed by atoms with Gasteiger partial charge < -0.3 is 19.5 Å². The number of aromatic amines is 1. The molecule has 0 aliphatic carbocycles. The lowest BCUT2D eigenvalue weighted by Gasteiger charge is -2.26. The van der Waals surface area contributed by atoms with Gasteiger partial charge in [-0.15, -0.1) is 0 Å². The Morgan fingerprint density at radius 3 is 2.67 bits per heavy atom. The smallest absolute Gasteiger partial charge is 0.273 e. The van der Waals surface area contributed by atoms with E-state index in [1.165, 1.54) is 19.2 Å². The summed E-state index contributed by atoms with van der Waals surface area (Å²) in [5.74, 6) is -0.179. The Bertz CT molecular complexity index is 1060. The zero-order valence-corrected chi connectivity index (χ0v) is 16.7. The molecule has 1 aliphatic heterocycles. The molecule has 156 valence electrons. The van der Waals surface area contributed by atoms with E-state index in [4.69, 9.17) is 9.47 Å². The molecular formula is C22H22FN3O4. The van der Waals surface area contributed by atoms with Gasteiger partial charge in [-0.05, 0) is 48.4 Å². The van der Waals surface area contributed by atoms with Crippen LogP contribution in [0.4, 0.5) is 4.39 Å². The Morgan fingerprint density at radius 1 is 1.20 bits per heavy atom. The van der Waals surface area contributed by atoms with Crippen LogP contribution in [0.5, 0.6) is 11.5 Å². The number of halogens is 1. The van der Waals surface area contributed by atoms with Crippen molar-refractivity contribution in [3.63, 3.8) is 0 Å². The molecule has 7 nitrogen and oxygen atoms in total. The van der Waals surface area contributed by atoms with E-state index in [1.54, 1.807) is 42.3 Å². The van der Waals surface area contributed by atoms with Gasteiger partial charge in [0.25, 0.3) is 5.91 Å². The first-order valence-electron chi connectivity index (χ1n) is 9.56. The Morgan fingerprint density at radius 2 is 1.97 bits per heavy atom. The van der Waals surface area contributed by atoms with Gasteiger partial charge in [-0.2, -0.15) is 5.10 Å².